The molecular weight excluding hydrogens is 224 g/mol. The Kier molecular flexibility index (Phi) is 3.72. The topological polar surface area (TPSA) is 42.0 Å². The summed E-state index contributed by atoms with van der Waals surface area (Å²) in [6.07, 6.45) is 0. The molecule has 0 aliphatic heterocycles. The van der Waals surface area contributed by atoms with Crippen molar-refractivity contribution in [2.24, 2.45) is 0 Å². The second kappa shape index (κ2) is 5.45. The van der Waals surface area contributed by atoms with E-state index in [-0.39, 0.29) is 5.91 Å². The maximum Gasteiger partial charge on any atom is 0.256 e. The third-order valence-corrected chi connectivity index (χ3v) is 2.64. The molecule has 0 spiro atoms. The molecule has 0 bridgehead atoms. The lowest BCUT2D eigenvalue weighted by atomic mass is 10.1. The van der Waals surface area contributed by atoms with E-state index in [0.29, 0.717) is 17.3 Å². The van der Waals surface area contributed by atoms with Crippen molar-refractivity contribution in [1.82, 2.24) is 4.98 Å². The van der Waals surface area contributed by atoms with E-state index in [0.717, 1.165) is 5.69 Å². The zero-order chi connectivity index (χ0) is 13.0. The Morgan fingerprint density at radius 2 is 1.78 bits per heavy atom. The first-order chi connectivity index (χ1) is 8.66. The van der Waals surface area contributed by atoms with E-state index in [1.165, 1.54) is 0 Å². The maximum absolute atomic E-state index is 11.9. The number of hydrogen-bond acceptors (Lipinski definition) is 2. The van der Waals surface area contributed by atoms with Crippen LogP contribution in [0, 0.1) is 0 Å². The van der Waals surface area contributed by atoms with Gasteiger partial charge in [-0.3, -0.25) is 4.79 Å². The molecule has 3 nitrogen and oxygen atoms in total. The minimum atomic E-state index is -0.135. The number of carbonyl (C=O) groups excluding carboxylic acids is 1. The molecule has 0 atom stereocenters. The normalized spacial score (nSPS) is 10.4. The quantitative estimate of drug-likeness (QED) is 0.892. The lowest BCUT2D eigenvalue weighted by Gasteiger charge is -2.08. The molecule has 0 aliphatic rings. The largest absolute Gasteiger partial charge is 0.307 e. The predicted molar refractivity (Wildman–Crippen MR) is 72.7 cm³/mol. The van der Waals surface area contributed by atoms with Crippen molar-refractivity contribution in [3.63, 3.8) is 0 Å². The van der Waals surface area contributed by atoms with Crippen LogP contribution in [0.4, 0.5) is 5.82 Å². The smallest absolute Gasteiger partial charge is 0.256 e. The first kappa shape index (κ1) is 12.3. The highest BCUT2D eigenvalue weighted by atomic mass is 16.1. The number of rotatable bonds is 3. The Balaban J connectivity index is 2.15. The Hall–Kier alpha value is -2.16. The highest BCUT2D eigenvalue weighted by molar-refractivity contribution is 6.03. The second-order valence-electron chi connectivity index (χ2n) is 4.42. The minimum Gasteiger partial charge on any atom is -0.307 e. The first-order valence-electron chi connectivity index (χ1n) is 6.00. The Morgan fingerprint density at radius 1 is 1.06 bits per heavy atom. The van der Waals surface area contributed by atoms with Crippen molar-refractivity contribution in [2.45, 2.75) is 19.8 Å². The van der Waals surface area contributed by atoms with Crippen molar-refractivity contribution >= 4 is 11.7 Å². The van der Waals surface area contributed by atoms with Crippen LogP contribution in [-0.4, -0.2) is 10.9 Å². The van der Waals surface area contributed by atoms with Gasteiger partial charge in [0.2, 0.25) is 0 Å². The van der Waals surface area contributed by atoms with Crippen molar-refractivity contribution in [3.05, 3.63) is 59.8 Å². The van der Waals surface area contributed by atoms with Crippen molar-refractivity contribution in [1.29, 1.82) is 0 Å². The summed E-state index contributed by atoms with van der Waals surface area (Å²) >= 11 is 0. The summed E-state index contributed by atoms with van der Waals surface area (Å²) in [5, 5.41) is 2.80. The van der Waals surface area contributed by atoms with Crippen LogP contribution in [-0.2, 0) is 0 Å². The Bertz CT molecular complexity index is 535. The second-order valence-corrected chi connectivity index (χ2v) is 4.42. The molecule has 0 unspecified atom stereocenters. The van der Waals surface area contributed by atoms with Crippen LogP contribution in [0.2, 0.25) is 0 Å². The van der Waals surface area contributed by atoms with Crippen LogP contribution in [0.5, 0.6) is 0 Å². The van der Waals surface area contributed by atoms with Crippen LogP contribution in [0.25, 0.3) is 0 Å². The van der Waals surface area contributed by atoms with E-state index >= 15 is 0 Å². The van der Waals surface area contributed by atoms with Gasteiger partial charge in [-0.15, -0.1) is 0 Å². The van der Waals surface area contributed by atoms with Gasteiger partial charge in [0.25, 0.3) is 5.91 Å². The predicted octanol–water partition coefficient (Wildman–Crippen LogP) is 3.46. The van der Waals surface area contributed by atoms with E-state index in [4.69, 9.17) is 0 Å². The summed E-state index contributed by atoms with van der Waals surface area (Å²) in [5.41, 5.74) is 1.61. The molecule has 0 fully saturated rings. The third-order valence-electron chi connectivity index (χ3n) is 2.64. The summed E-state index contributed by atoms with van der Waals surface area (Å²) in [6.45, 7) is 4.15. The summed E-state index contributed by atoms with van der Waals surface area (Å²) in [7, 11) is 0. The number of hydrogen-bond donors (Lipinski definition) is 1. The molecule has 1 aromatic heterocycles. The molecule has 2 rings (SSSR count). The Morgan fingerprint density at radius 3 is 2.44 bits per heavy atom. The third kappa shape index (κ3) is 2.94. The van der Waals surface area contributed by atoms with Crippen LogP contribution in [0.15, 0.2) is 48.5 Å². The average Bonchev–Trinajstić information content (AvgIpc) is 2.40. The van der Waals surface area contributed by atoms with Crippen LogP contribution >= 0.6 is 0 Å². The lowest BCUT2D eigenvalue weighted by Crippen LogP contribution is -2.13. The molecular formula is C15H16N2O. The number of benzene rings is 1. The van der Waals surface area contributed by atoms with Crippen LogP contribution in [0.1, 0.15) is 35.8 Å². The first-order valence-corrected chi connectivity index (χ1v) is 6.00. The lowest BCUT2D eigenvalue weighted by molar-refractivity contribution is 0.102. The van der Waals surface area contributed by atoms with Gasteiger partial charge in [0.05, 0.1) is 0 Å². The fraction of sp³-hybridized carbons (Fsp3) is 0.200. The van der Waals surface area contributed by atoms with E-state index in [9.17, 15) is 4.79 Å². The minimum absolute atomic E-state index is 0.135. The number of aromatic nitrogens is 1. The molecule has 0 saturated heterocycles. The van der Waals surface area contributed by atoms with Gasteiger partial charge in [-0.1, -0.05) is 38.1 Å². The molecule has 2 aromatic rings. The molecule has 0 radical (unpaired) electrons. The fourth-order valence-electron chi connectivity index (χ4n) is 1.62. The molecule has 18 heavy (non-hydrogen) atoms. The molecule has 3 heteroatoms. The van der Waals surface area contributed by atoms with Gasteiger partial charge in [0.1, 0.15) is 5.82 Å². The van der Waals surface area contributed by atoms with E-state index in [1.807, 2.05) is 30.3 Å². The van der Waals surface area contributed by atoms with Crippen molar-refractivity contribution < 1.29 is 4.79 Å². The van der Waals surface area contributed by atoms with E-state index in [2.05, 4.69) is 24.1 Å². The van der Waals surface area contributed by atoms with Gasteiger partial charge in [0, 0.05) is 11.3 Å². The van der Waals surface area contributed by atoms with Gasteiger partial charge in [-0.25, -0.2) is 4.98 Å². The van der Waals surface area contributed by atoms with Crippen LogP contribution < -0.4 is 5.32 Å². The summed E-state index contributed by atoms with van der Waals surface area (Å²) < 4.78 is 0. The number of nitrogens with zero attached hydrogens (tertiary/aromatic N) is 1. The van der Waals surface area contributed by atoms with Gasteiger partial charge < -0.3 is 5.32 Å². The highest BCUT2D eigenvalue weighted by Crippen LogP contribution is 2.14. The molecule has 0 aliphatic carbocycles. The van der Waals surface area contributed by atoms with Gasteiger partial charge in [-0.2, -0.15) is 0 Å². The monoisotopic (exact) mass is 240 g/mol. The highest BCUT2D eigenvalue weighted by Gasteiger charge is 2.07. The number of anilines is 1. The SMILES string of the molecule is CC(C)c1cccc(NC(=O)c2ccccc2)n1. The summed E-state index contributed by atoms with van der Waals surface area (Å²) in [5.74, 6) is 0.803. The molecule has 1 amide bonds. The molecule has 1 N–H and O–H groups in total. The van der Waals surface area contributed by atoms with E-state index in [1.54, 1.807) is 18.2 Å². The van der Waals surface area contributed by atoms with E-state index < -0.39 is 0 Å². The van der Waals surface area contributed by atoms with Gasteiger partial charge >= 0.3 is 0 Å². The zero-order valence-electron chi connectivity index (χ0n) is 10.6. The summed E-state index contributed by atoms with van der Waals surface area (Å²) in [6, 6.07) is 14.8. The number of pyridine rings is 1. The number of nitrogens with one attached hydrogen (secondary N) is 1. The average molecular weight is 240 g/mol. The maximum atomic E-state index is 11.9. The molecule has 1 heterocycles. The number of carbonyl (C=O) groups is 1. The molecule has 92 valence electrons. The fourth-order valence-corrected chi connectivity index (χ4v) is 1.62. The van der Waals surface area contributed by atoms with Crippen LogP contribution in [0.3, 0.4) is 0 Å². The van der Waals surface area contributed by atoms with Crippen molar-refractivity contribution in [2.75, 3.05) is 5.32 Å². The zero-order valence-corrected chi connectivity index (χ0v) is 10.6. The molecule has 1 aromatic carbocycles. The van der Waals surface area contributed by atoms with Gasteiger partial charge in [0.15, 0.2) is 0 Å². The van der Waals surface area contributed by atoms with Crippen molar-refractivity contribution in [3.8, 4) is 0 Å². The number of amides is 1. The summed E-state index contributed by atoms with van der Waals surface area (Å²) in [4.78, 5) is 16.3. The molecule has 0 saturated carbocycles. The standard InChI is InChI=1S/C15H16N2O/c1-11(2)13-9-6-10-14(16-13)17-15(18)12-7-4-3-5-8-12/h3-11H,1-2H3,(H,16,17,18). The Labute approximate surface area is 107 Å². The van der Waals surface area contributed by atoms with Gasteiger partial charge in [-0.05, 0) is 30.2 Å².